The predicted octanol–water partition coefficient (Wildman–Crippen LogP) is 2.23. The molecule has 2 aliphatic rings. The van der Waals surface area contributed by atoms with E-state index < -0.39 is 0 Å². The third-order valence-corrected chi connectivity index (χ3v) is 4.32. The molecule has 2 aliphatic heterocycles. The Labute approximate surface area is 117 Å². The molecule has 5 heteroatoms. The standard InChI is InChI=1S/C15H17N3O2/c1-9-5-10-3-4-11(6-13(10)18(9)2)14-16-17-15(20-14)12-7-19-8-12/h3-4,6,9,12H,5,7-8H2,1-2H3. The van der Waals surface area contributed by atoms with E-state index in [2.05, 4.69) is 47.3 Å². The SMILES string of the molecule is CC1Cc2ccc(-c3nnc(C4COC4)o3)cc2N1C. The lowest BCUT2D eigenvalue weighted by atomic mass is 10.1. The van der Waals surface area contributed by atoms with Gasteiger partial charge in [0.05, 0.1) is 19.1 Å². The lowest BCUT2D eigenvalue weighted by molar-refractivity contribution is -0.00220. The number of hydrogen-bond donors (Lipinski definition) is 0. The topological polar surface area (TPSA) is 51.4 Å². The van der Waals surface area contributed by atoms with Crippen LogP contribution in [-0.2, 0) is 11.2 Å². The number of nitrogens with zero attached hydrogens (tertiary/aromatic N) is 3. The van der Waals surface area contributed by atoms with Gasteiger partial charge in [0, 0.05) is 24.3 Å². The van der Waals surface area contributed by atoms with Crippen molar-refractivity contribution in [3.63, 3.8) is 0 Å². The molecular weight excluding hydrogens is 254 g/mol. The lowest BCUT2D eigenvalue weighted by Gasteiger charge is -2.21. The van der Waals surface area contributed by atoms with Crippen LogP contribution >= 0.6 is 0 Å². The van der Waals surface area contributed by atoms with E-state index >= 15 is 0 Å². The van der Waals surface area contributed by atoms with Gasteiger partial charge in [-0.05, 0) is 31.0 Å². The van der Waals surface area contributed by atoms with Crippen LogP contribution in [0.4, 0.5) is 5.69 Å². The zero-order chi connectivity index (χ0) is 13.7. The molecule has 0 spiro atoms. The fourth-order valence-electron chi connectivity index (χ4n) is 2.78. The molecule has 1 fully saturated rings. The third kappa shape index (κ3) is 1.73. The molecule has 1 aromatic carbocycles. The molecule has 20 heavy (non-hydrogen) atoms. The van der Waals surface area contributed by atoms with E-state index in [4.69, 9.17) is 9.15 Å². The number of likely N-dealkylation sites (N-methyl/N-ethyl adjacent to an activating group) is 1. The first-order valence-corrected chi connectivity index (χ1v) is 6.99. The number of rotatable bonds is 2. The molecule has 1 aromatic heterocycles. The van der Waals surface area contributed by atoms with Crippen molar-refractivity contribution >= 4 is 5.69 Å². The first kappa shape index (κ1) is 11.9. The Kier molecular flexibility index (Phi) is 2.57. The molecule has 0 amide bonds. The quantitative estimate of drug-likeness (QED) is 0.838. The van der Waals surface area contributed by atoms with Gasteiger partial charge < -0.3 is 14.1 Å². The largest absolute Gasteiger partial charge is 0.420 e. The second-order valence-electron chi connectivity index (χ2n) is 5.69. The molecule has 0 aliphatic carbocycles. The summed E-state index contributed by atoms with van der Waals surface area (Å²) >= 11 is 0. The van der Waals surface area contributed by atoms with Crippen LogP contribution in [0.5, 0.6) is 0 Å². The van der Waals surface area contributed by atoms with Crippen molar-refractivity contribution in [1.82, 2.24) is 10.2 Å². The van der Waals surface area contributed by atoms with Crippen LogP contribution in [0.1, 0.15) is 24.3 Å². The first-order chi connectivity index (χ1) is 9.72. The van der Waals surface area contributed by atoms with Crippen LogP contribution in [-0.4, -0.2) is 36.5 Å². The second kappa shape index (κ2) is 4.31. The number of aromatic nitrogens is 2. The number of ether oxygens (including phenoxy) is 1. The number of anilines is 1. The second-order valence-corrected chi connectivity index (χ2v) is 5.69. The van der Waals surface area contributed by atoms with Gasteiger partial charge in [-0.1, -0.05) is 6.07 Å². The maximum Gasteiger partial charge on any atom is 0.247 e. The Morgan fingerprint density at radius 2 is 2.10 bits per heavy atom. The summed E-state index contributed by atoms with van der Waals surface area (Å²) < 4.78 is 10.9. The van der Waals surface area contributed by atoms with Gasteiger partial charge in [-0.3, -0.25) is 0 Å². The summed E-state index contributed by atoms with van der Waals surface area (Å²) in [5, 5.41) is 8.30. The minimum Gasteiger partial charge on any atom is -0.420 e. The van der Waals surface area contributed by atoms with Gasteiger partial charge in [0.15, 0.2) is 0 Å². The molecule has 2 aromatic rings. The van der Waals surface area contributed by atoms with Crippen molar-refractivity contribution in [3.8, 4) is 11.5 Å². The van der Waals surface area contributed by atoms with Crippen molar-refractivity contribution in [2.45, 2.75) is 25.3 Å². The van der Waals surface area contributed by atoms with Crippen LogP contribution in [0, 0.1) is 0 Å². The van der Waals surface area contributed by atoms with E-state index in [1.807, 2.05) is 0 Å². The molecule has 1 saturated heterocycles. The highest BCUT2D eigenvalue weighted by atomic mass is 16.5. The zero-order valence-electron chi connectivity index (χ0n) is 11.7. The van der Waals surface area contributed by atoms with E-state index in [9.17, 15) is 0 Å². The minimum atomic E-state index is 0.272. The van der Waals surface area contributed by atoms with Crippen molar-refractivity contribution in [2.75, 3.05) is 25.2 Å². The number of benzene rings is 1. The Morgan fingerprint density at radius 1 is 1.25 bits per heavy atom. The molecule has 104 valence electrons. The van der Waals surface area contributed by atoms with Crippen molar-refractivity contribution in [3.05, 3.63) is 29.7 Å². The van der Waals surface area contributed by atoms with E-state index in [1.54, 1.807) is 0 Å². The molecule has 0 bridgehead atoms. The van der Waals surface area contributed by atoms with Crippen LogP contribution in [0.15, 0.2) is 22.6 Å². The molecular formula is C15H17N3O2. The molecule has 1 atom stereocenters. The fourth-order valence-corrected chi connectivity index (χ4v) is 2.78. The fraction of sp³-hybridized carbons (Fsp3) is 0.467. The molecule has 4 rings (SSSR count). The average Bonchev–Trinajstić information content (AvgIpc) is 2.95. The lowest BCUT2D eigenvalue weighted by Crippen LogP contribution is -2.25. The molecule has 3 heterocycles. The van der Waals surface area contributed by atoms with E-state index in [1.165, 1.54) is 11.3 Å². The molecule has 0 N–H and O–H groups in total. The van der Waals surface area contributed by atoms with Gasteiger partial charge in [0.1, 0.15) is 0 Å². The summed E-state index contributed by atoms with van der Waals surface area (Å²) in [6, 6.07) is 6.93. The van der Waals surface area contributed by atoms with Crippen LogP contribution in [0.25, 0.3) is 11.5 Å². The minimum absolute atomic E-state index is 0.272. The zero-order valence-corrected chi connectivity index (χ0v) is 11.7. The van der Waals surface area contributed by atoms with Gasteiger partial charge in [0.2, 0.25) is 11.8 Å². The Balaban J connectivity index is 1.67. The summed E-state index contributed by atoms with van der Waals surface area (Å²) in [6.07, 6.45) is 1.10. The predicted molar refractivity (Wildman–Crippen MR) is 74.9 cm³/mol. The summed E-state index contributed by atoms with van der Waals surface area (Å²) in [6.45, 7) is 3.61. The summed E-state index contributed by atoms with van der Waals surface area (Å²) in [4.78, 5) is 2.30. The summed E-state index contributed by atoms with van der Waals surface area (Å²) in [7, 11) is 2.13. The van der Waals surface area contributed by atoms with Crippen LogP contribution in [0.2, 0.25) is 0 Å². The Morgan fingerprint density at radius 3 is 2.85 bits per heavy atom. The molecule has 0 radical (unpaired) electrons. The van der Waals surface area contributed by atoms with Gasteiger partial charge in [-0.2, -0.15) is 0 Å². The van der Waals surface area contributed by atoms with Crippen LogP contribution in [0.3, 0.4) is 0 Å². The molecule has 5 nitrogen and oxygen atoms in total. The summed E-state index contributed by atoms with van der Waals surface area (Å²) in [5.74, 6) is 1.56. The van der Waals surface area contributed by atoms with E-state index in [-0.39, 0.29) is 5.92 Å². The molecule has 1 unspecified atom stereocenters. The number of fused-ring (bicyclic) bond motifs is 1. The van der Waals surface area contributed by atoms with Gasteiger partial charge in [-0.25, -0.2) is 0 Å². The van der Waals surface area contributed by atoms with Crippen molar-refractivity contribution in [1.29, 1.82) is 0 Å². The van der Waals surface area contributed by atoms with Crippen molar-refractivity contribution < 1.29 is 9.15 Å². The highest BCUT2D eigenvalue weighted by molar-refractivity contribution is 5.68. The summed E-state index contributed by atoms with van der Waals surface area (Å²) in [5.41, 5.74) is 3.64. The van der Waals surface area contributed by atoms with Gasteiger partial charge >= 0.3 is 0 Å². The highest BCUT2D eigenvalue weighted by Gasteiger charge is 2.27. The van der Waals surface area contributed by atoms with Gasteiger partial charge in [0.25, 0.3) is 0 Å². The average molecular weight is 271 g/mol. The van der Waals surface area contributed by atoms with Crippen molar-refractivity contribution in [2.24, 2.45) is 0 Å². The van der Waals surface area contributed by atoms with Crippen LogP contribution < -0.4 is 4.90 Å². The maximum atomic E-state index is 5.77. The Hall–Kier alpha value is -1.88. The van der Waals surface area contributed by atoms with E-state index in [0.717, 1.165) is 12.0 Å². The number of hydrogen-bond acceptors (Lipinski definition) is 5. The Bertz CT molecular complexity index is 648. The van der Waals surface area contributed by atoms with Gasteiger partial charge in [-0.15, -0.1) is 10.2 Å². The monoisotopic (exact) mass is 271 g/mol. The first-order valence-electron chi connectivity index (χ1n) is 6.99. The smallest absolute Gasteiger partial charge is 0.247 e. The normalized spacial score (nSPS) is 21.9. The highest BCUT2D eigenvalue weighted by Crippen LogP contribution is 2.35. The maximum absolute atomic E-state index is 5.77. The molecule has 0 saturated carbocycles. The third-order valence-electron chi connectivity index (χ3n) is 4.32. The van der Waals surface area contributed by atoms with E-state index in [0.29, 0.717) is 31.0 Å².